The number of rotatable bonds is 3. The molecule has 122 valence electrons. The second kappa shape index (κ2) is 6.69. The van der Waals surface area contributed by atoms with Crippen LogP contribution in [0.25, 0.3) is 0 Å². The molecule has 0 aliphatic heterocycles. The van der Waals surface area contributed by atoms with Crippen LogP contribution in [0.1, 0.15) is 31.9 Å². The molecule has 0 bridgehead atoms. The average Bonchev–Trinajstić information content (AvgIpc) is 2.42. The van der Waals surface area contributed by atoms with Gasteiger partial charge in [0.25, 0.3) is 0 Å². The number of nitrogens with zero attached hydrogens (tertiary/aromatic N) is 1. The molecule has 2 rings (SSSR count). The fourth-order valence-electron chi connectivity index (χ4n) is 2.06. The SMILES string of the molecule is Cc1ccc(Nc2ccc(NC(=O)OC(C)(C)C)cn2)c(C)c1. The lowest BCUT2D eigenvalue weighted by molar-refractivity contribution is 0.0636. The fraction of sp³-hybridized carbons (Fsp3) is 0.333. The Labute approximate surface area is 137 Å². The van der Waals surface area contributed by atoms with Crippen LogP contribution in [0, 0.1) is 13.8 Å². The first-order valence-corrected chi connectivity index (χ1v) is 7.53. The van der Waals surface area contributed by atoms with Gasteiger partial charge in [0.1, 0.15) is 11.4 Å². The van der Waals surface area contributed by atoms with E-state index in [4.69, 9.17) is 4.74 Å². The highest BCUT2D eigenvalue weighted by Gasteiger charge is 2.16. The van der Waals surface area contributed by atoms with Crippen molar-refractivity contribution in [1.29, 1.82) is 0 Å². The molecular formula is C18H23N3O2. The minimum atomic E-state index is -0.526. The number of hydrogen-bond acceptors (Lipinski definition) is 4. The van der Waals surface area contributed by atoms with E-state index in [0.29, 0.717) is 11.5 Å². The van der Waals surface area contributed by atoms with Crippen LogP contribution in [0.3, 0.4) is 0 Å². The van der Waals surface area contributed by atoms with E-state index >= 15 is 0 Å². The molecule has 1 aromatic heterocycles. The Morgan fingerprint density at radius 2 is 1.87 bits per heavy atom. The number of aryl methyl sites for hydroxylation is 2. The van der Waals surface area contributed by atoms with E-state index in [0.717, 1.165) is 11.3 Å². The topological polar surface area (TPSA) is 63.2 Å². The number of pyridine rings is 1. The highest BCUT2D eigenvalue weighted by molar-refractivity contribution is 5.84. The predicted molar refractivity (Wildman–Crippen MR) is 93.3 cm³/mol. The fourth-order valence-corrected chi connectivity index (χ4v) is 2.06. The monoisotopic (exact) mass is 313 g/mol. The number of benzene rings is 1. The summed E-state index contributed by atoms with van der Waals surface area (Å²) in [4.78, 5) is 16.0. The van der Waals surface area contributed by atoms with E-state index in [9.17, 15) is 4.79 Å². The lowest BCUT2D eigenvalue weighted by atomic mass is 10.1. The second-order valence-corrected chi connectivity index (χ2v) is 6.50. The number of anilines is 3. The summed E-state index contributed by atoms with van der Waals surface area (Å²) >= 11 is 0. The van der Waals surface area contributed by atoms with Crippen LogP contribution in [0.5, 0.6) is 0 Å². The lowest BCUT2D eigenvalue weighted by Gasteiger charge is -2.19. The summed E-state index contributed by atoms with van der Waals surface area (Å²) in [7, 11) is 0. The molecule has 0 aliphatic carbocycles. The average molecular weight is 313 g/mol. The van der Waals surface area contributed by atoms with Crippen LogP contribution in [0.4, 0.5) is 22.0 Å². The first-order valence-electron chi connectivity index (χ1n) is 7.53. The highest BCUT2D eigenvalue weighted by Crippen LogP contribution is 2.21. The number of aromatic nitrogens is 1. The van der Waals surface area contributed by atoms with Crippen LogP contribution in [-0.4, -0.2) is 16.7 Å². The Balaban J connectivity index is 2.01. The molecule has 2 aromatic rings. The van der Waals surface area contributed by atoms with E-state index in [1.807, 2.05) is 45.9 Å². The highest BCUT2D eigenvalue weighted by atomic mass is 16.6. The molecule has 0 unspecified atom stereocenters. The van der Waals surface area contributed by atoms with Crippen molar-refractivity contribution >= 4 is 23.3 Å². The summed E-state index contributed by atoms with van der Waals surface area (Å²) < 4.78 is 5.20. The first kappa shape index (κ1) is 16.8. The number of carbonyl (C=O) groups excluding carboxylic acids is 1. The van der Waals surface area contributed by atoms with Gasteiger partial charge >= 0.3 is 6.09 Å². The molecule has 0 spiro atoms. The van der Waals surface area contributed by atoms with Crippen molar-refractivity contribution in [2.75, 3.05) is 10.6 Å². The third-order valence-electron chi connectivity index (χ3n) is 3.05. The summed E-state index contributed by atoms with van der Waals surface area (Å²) in [6, 6.07) is 9.78. The molecule has 0 saturated heterocycles. The van der Waals surface area contributed by atoms with Gasteiger partial charge < -0.3 is 10.1 Å². The maximum Gasteiger partial charge on any atom is 0.412 e. The van der Waals surface area contributed by atoms with Gasteiger partial charge in [0.05, 0.1) is 11.9 Å². The number of carbonyl (C=O) groups is 1. The van der Waals surface area contributed by atoms with Gasteiger partial charge in [-0.05, 0) is 58.4 Å². The van der Waals surface area contributed by atoms with E-state index in [1.54, 1.807) is 12.3 Å². The number of ether oxygens (including phenoxy) is 1. The van der Waals surface area contributed by atoms with Gasteiger partial charge in [-0.15, -0.1) is 0 Å². The number of hydrogen-bond donors (Lipinski definition) is 2. The van der Waals surface area contributed by atoms with Crippen molar-refractivity contribution in [3.05, 3.63) is 47.7 Å². The Bertz CT molecular complexity index is 688. The molecule has 23 heavy (non-hydrogen) atoms. The normalized spacial score (nSPS) is 11.0. The van der Waals surface area contributed by atoms with Crippen molar-refractivity contribution in [3.63, 3.8) is 0 Å². The summed E-state index contributed by atoms with van der Waals surface area (Å²) in [6.45, 7) is 9.57. The standard InChI is InChI=1S/C18H23N3O2/c1-12-6-8-15(13(2)10-12)21-16-9-7-14(11-19-16)20-17(22)23-18(3,4)5/h6-11H,1-5H3,(H,19,21)(H,20,22). The lowest BCUT2D eigenvalue weighted by Crippen LogP contribution is -2.27. The van der Waals surface area contributed by atoms with Crippen LogP contribution in [0.15, 0.2) is 36.5 Å². The van der Waals surface area contributed by atoms with Crippen molar-refractivity contribution in [2.24, 2.45) is 0 Å². The number of amides is 1. The molecule has 1 heterocycles. The van der Waals surface area contributed by atoms with E-state index in [2.05, 4.69) is 28.6 Å². The minimum Gasteiger partial charge on any atom is -0.444 e. The van der Waals surface area contributed by atoms with Gasteiger partial charge in [0.2, 0.25) is 0 Å². The zero-order chi connectivity index (χ0) is 17.0. The maximum atomic E-state index is 11.7. The first-order chi connectivity index (χ1) is 10.7. The van der Waals surface area contributed by atoms with E-state index < -0.39 is 11.7 Å². The van der Waals surface area contributed by atoms with E-state index in [1.165, 1.54) is 5.56 Å². The summed E-state index contributed by atoms with van der Waals surface area (Å²) in [6.07, 6.45) is 1.10. The Morgan fingerprint density at radius 3 is 2.43 bits per heavy atom. The predicted octanol–water partition coefficient (Wildman–Crippen LogP) is 4.79. The van der Waals surface area contributed by atoms with E-state index in [-0.39, 0.29) is 0 Å². The van der Waals surface area contributed by atoms with Crippen LogP contribution >= 0.6 is 0 Å². The smallest absolute Gasteiger partial charge is 0.412 e. The zero-order valence-electron chi connectivity index (χ0n) is 14.2. The molecule has 0 saturated carbocycles. The van der Waals surface area contributed by atoms with Crippen molar-refractivity contribution in [3.8, 4) is 0 Å². The Morgan fingerprint density at radius 1 is 1.13 bits per heavy atom. The maximum absolute atomic E-state index is 11.7. The second-order valence-electron chi connectivity index (χ2n) is 6.50. The van der Waals surface area contributed by atoms with Gasteiger partial charge in [-0.1, -0.05) is 17.7 Å². The molecule has 2 N–H and O–H groups in total. The molecule has 5 nitrogen and oxygen atoms in total. The van der Waals surface area contributed by atoms with Crippen LogP contribution < -0.4 is 10.6 Å². The molecule has 0 aliphatic rings. The van der Waals surface area contributed by atoms with Crippen LogP contribution in [0.2, 0.25) is 0 Å². The molecule has 0 radical (unpaired) electrons. The summed E-state index contributed by atoms with van der Waals surface area (Å²) in [5.74, 6) is 0.715. The summed E-state index contributed by atoms with van der Waals surface area (Å²) in [5, 5.41) is 5.92. The van der Waals surface area contributed by atoms with Crippen LogP contribution in [-0.2, 0) is 4.74 Å². The van der Waals surface area contributed by atoms with Gasteiger partial charge in [-0.2, -0.15) is 0 Å². The molecule has 1 amide bonds. The third kappa shape index (κ3) is 5.29. The zero-order valence-corrected chi connectivity index (χ0v) is 14.2. The Kier molecular flexibility index (Phi) is 4.89. The molecule has 1 aromatic carbocycles. The number of nitrogens with one attached hydrogen (secondary N) is 2. The molecule has 0 atom stereocenters. The van der Waals surface area contributed by atoms with Crippen molar-refractivity contribution < 1.29 is 9.53 Å². The van der Waals surface area contributed by atoms with Gasteiger partial charge in [-0.3, -0.25) is 5.32 Å². The molecular weight excluding hydrogens is 290 g/mol. The van der Waals surface area contributed by atoms with Crippen molar-refractivity contribution in [2.45, 2.75) is 40.2 Å². The third-order valence-corrected chi connectivity index (χ3v) is 3.05. The van der Waals surface area contributed by atoms with Gasteiger partial charge in [0, 0.05) is 5.69 Å². The molecule has 5 heteroatoms. The van der Waals surface area contributed by atoms with Crippen molar-refractivity contribution in [1.82, 2.24) is 4.98 Å². The summed E-state index contributed by atoms with van der Waals surface area (Å²) in [5.41, 5.74) is 3.45. The Hall–Kier alpha value is -2.56. The van der Waals surface area contributed by atoms with Gasteiger partial charge in [0.15, 0.2) is 0 Å². The minimum absolute atomic E-state index is 0.491. The van der Waals surface area contributed by atoms with Gasteiger partial charge in [-0.25, -0.2) is 9.78 Å². The quantitative estimate of drug-likeness (QED) is 0.855. The molecule has 0 fully saturated rings. The largest absolute Gasteiger partial charge is 0.444 e.